The molecule has 0 bridgehead atoms. The van der Waals surface area contributed by atoms with Gasteiger partial charge in [0.15, 0.2) is 11.5 Å². The lowest BCUT2D eigenvalue weighted by Gasteiger charge is -2.22. The molecule has 2 atom stereocenters. The van der Waals surface area contributed by atoms with Crippen molar-refractivity contribution >= 4 is 0 Å². The van der Waals surface area contributed by atoms with E-state index in [-0.39, 0.29) is 5.92 Å². The van der Waals surface area contributed by atoms with E-state index in [1.54, 1.807) is 20.4 Å². The van der Waals surface area contributed by atoms with Crippen LogP contribution in [-0.2, 0) is 6.42 Å². The lowest BCUT2D eigenvalue weighted by atomic mass is 9.92. The predicted octanol–water partition coefficient (Wildman–Crippen LogP) is 2.86. The molecule has 2 aromatic rings. The quantitative estimate of drug-likeness (QED) is 0.938. The Bertz CT molecular complexity index is 642. The number of aromatic nitrogens is 1. The van der Waals surface area contributed by atoms with Crippen molar-refractivity contribution in [3.8, 4) is 11.5 Å². The van der Waals surface area contributed by atoms with Crippen molar-refractivity contribution in [1.82, 2.24) is 4.98 Å². The number of rotatable bonds is 4. The van der Waals surface area contributed by atoms with E-state index in [1.807, 2.05) is 24.3 Å². The summed E-state index contributed by atoms with van der Waals surface area (Å²) in [4.78, 5) is 4.45. The monoisotopic (exact) mass is 285 g/mol. The Balaban J connectivity index is 1.99. The highest BCUT2D eigenvalue weighted by Crippen LogP contribution is 2.44. The SMILES string of the molecule is COc1cccc(C(O)C2CCc3cccnc32)c1OC. The Morgan fingerprint density at radius 3 is 2.81 bits per heavy atom. The minimum Gasteiger partial charge on any atom is -0.493 e. The number of fused-ring (bicyclic) bond motifs is 1. The van der Waals surface area contributed by atoms with Crippen LogP contribution in [0, 0.1) is 0 Å². The van der Waals surface area contributed by atoms with Crippen molar-refractivity contribution in [2.24, 2.45) is 0 Å². The number of aliphatic hydroxyl groups is 1. The van der Waals surface area contributed by atoms with Gasteiger partial charge < -0.3 is 14.6 Å². The fourth-order valence-electron chi connectivity index (χ4n) is 3.11. The van der Waals surface area contributed by atoms with E-state index in [2.05, 4.69) is 11.1 Å². The maximum atomic E-state index is 10.8. The first kappa shape index (κ1) is 13.9. The zero-order valence-corrected chi connectivity index (χ0v) is 12.2. The van der Waals surface area contributed by atoms with Crippen molar-refractivity contribution < 1.29 is 14.6 Å². The van der Waals surface area contributed by atoms with Crippen molar-refractivity contribution in [1.29, 1.82) is 0 Å². The summed E-state index contributed by atoms with van der Waals surface area (Å²) in [6, 6.07) is 9.61. The molecular formula is C17H19NO3. The molecule has 110 valence electrons. The highest BCUT2D eigenvalue weighted by Gasteiger charge is 2.32. The maximum absolute atomic E-state index is 10.8. The van der Waals surface area contributed by atoms with E-state index >= 15 is 0 Å². The van der Waals surface area contributed by atoms with Gasteiger partial charge in [-0.15, -0.1) is 0 Å². The summed E-state index contributed by atoms with van der Waals surface area (Å²) >= 11 is 0. The number of aryl methyl sites for hydroxylation is 1. The normalized spacial score (nSPS) is 18.1. The van der Waals surface area contributed by atoms with Gasteiger partial charge in [-0.3, -0.25) is 4.98 Å². The molecule has 1 aliphatic carbocycles. The van der Waals surface area contributed by atoms with Gasteiger partial charge in [-0.25, -0.2) is 0 Å². The topological polar surface area (TPSA) is 51.6 Å². The molecule has 0 spiro atoms. The summed E-state index contributed by atoms with van der Waals surface area (Å²) in [7, 11) is 3.19. The molecule has 1 aromatic carbocycles. The predicted molar refractivity (Wildman–Crippen MR) is 79.8 cm³/mol. The highest BCUT2D eigenvalue weighted by molar-refractivity contribution is 5.49. The molecule has 3 rings (SSSR count). The number of para-hydroxylation sites is 1. The Hall–Kier alpha value is -2.07. The number of aliphatic hydroxyl groups excluding tert-OH is 1. The third kappa shape index (κ3) is 2.36. The van der Waals surface area contributed by atoms with Crippen molar-refractivity contribution in [3.63, 3.8) is 0 Å². The van der Waals surface area contributed by atoms with Crippen molar-refractivity contribution in [2.45, 2.75) is 24.9 Å². The van der Waals surface area contributed by atoms with Crippen LogP contribution in [0.15, 0.2) is 36.5 Å². The van der Waals surface area contributed by atoms with Crippen LogP contribution in [0.5, 0.6) is 11.5 Å². The standard InChI is InChI=1S/C17H19NO3/c1-20-14-7-3-6-13(17(14)21-2)16(19)12-9-8-11-5-4-10-18-15(11)12/h3-7,10,12,16,19H,8-9H2,1-2H3. The number of ether oxygens (including phenoxy) is 2. The van der Waals surface area contributed by atoms with Crippen LogP contribution >= 0.6 is 0 Å². The Kier molecular flexibility index (Phi) is 3.80. The zero-order valence-electron chi connectivity index (χ0n) is 12.2. The number of hydrogen-bond acceptors (Lipinski definition) is 4. The fourth-order valence-corrected chi connectivity index (χ4v) is 3.11. The van der Waals surface area contributed by atoms with Crippen molar-refractivity contribution in [3.05, 3.63) is 53.3 Å². The number of hydrogen-bond donors (Lipinski definition) is 1. The van der Waals surface area contributed by atoms with Crippen LogP contribution in [0.1, 0.15) is 35.3 Å². The summed E-state index contributed by atoms with van der Waals surface area (Å²) < 4.78 is 10.7. The summed E-state index contributed by atoms with van der Waals surface area (Å²) in [6.07, 6.45) is 2.99. The number of benzene rings is 1. The van der Waals surface area contributed by atoms with Gasteiger partial charge in [0.1, 0.15) is 0 Å². The largest absolute Gasteiger partial charge is 0.493 e. The van der Waals surface area contributed by atoms with E-state index in [0.29, 0.717) is 11.5 Å². The molecule has 1 heterocycles. The molecule has 1 aromatic heterocycles. The van der Waals surface area contributed by atoms with Gasteiger partial charge in [0.2, 0.25) is 0 Å². The molecular weight excluding hydrogens is 266 g/mol. The first-order valence-corrected chi connectivity index (χ1v) is 7.09. The summed E-state index contributed by atoms with van der Waals surface area (Å²) in [6.45, 7) is 0. The van der Waals surface area contributed by atoms with Crippen LogP contribution < -0.4 is 9.47 Å². The molecule has 0 radical (unpaired) electrons. The van der Waals surface area contributed by atoms with Gasteiger partial charge in [-0.2, -0.15) is 0 Å². The average Bonchev–Trinajstić information content (AvgIpc) is 2.97. The van der Waals surface area contributed by atoms with Gasteiger partial charge in [-0.05, 0) is 30.5 Å². The van der Waals surface area contributed by atoms with E-state index in [4.69, 9.17) is 9.47 Å². The molecule has 2 unspecified atom stereocenters. The second-order valence-electron chi connectivity index (χ2n) is 5.22. The Morgan fingerprint density at radius 1 is 1.19 bits per heavy atom. The van der Waals surface area contributed by atoms with Gasteiger partial charge in [-0.1, -0.05) is 18.2 Å². The molecule has 21 heavy (non-hydrogen) atoms. The van der Waals surface area contributed by atoms with Crippen LogP contribution in [0.4, 0.5) is 0 Å². The molecule has 4 nitrogen and oxygen atoms in total. The van der Waals surface area contributed by atoms with E-state index in [9.17, 15) is 5.11 Å². The minimum absolute atomic E-state index is 0.00204. The Morgan fingerprint density at radius 2 is 2.05 bits per heavy atom. The summed E-state index contributed by atoms with van der Waals surface area (Å²) in [5.74, 6) is 1.23. The van der Waals surface area contributed by atoms with Crippen LogP contribution in [-0.4, -0.2) is 24.3 Å². The third-order valence-electron chi connectivity index (χ3n) is 4.14. The number of pyridine rings is 1. The van der Waals surface area contributed by atoms with Gasteiger partial charge in [0, 0.05) is 23.4 Å². The van der Waals surface area contributed by atoms with Gasteiger partial charge in [0.05, 0.1) is 20.3 Å². The lowest BCUT2D eigenvalue weighted by molar-refractivity contribution is 0.139. The van der Waals surface area contributed by atoms with E-state index in [1.165, 1.54) is 5.56 Å². The van der Waals surface area contributed by atoms with Gasteiger partial charge in [0.25, 0.3) is 0 Å². The fraction of sp³-hybridized carbons (Fsp3) is 0.353. The van der Waals surface area contributed by atoms with Crippen LogP contribution in [0.25, 0.3) is 0 Å². The van der Waals surface area contributed by atoms with Crippen molar-refractivity contribution in [2.75, 3.05) is 14.2 Å². The van der Waals surface area contributed by atoms with E-state index < -0.39 is 6.10 Å². The average molecular weight is 285 g/mol. The van der Waals surface area contributed by atoms with Crippen LogP contribution in [0.3, 0.4) is 0 Å². The zero-order chi connectivity index (χ0) is 14.8. The molecule has 0 saturated carbocycles. The second-order valence-corrected chi connectivity index (χ2v) is 5.22. The number of nitrogens with zero attached hydrogens (tertiary/aromatic N) is 1. The maximum Gasteiger partial charge on any atom is 0.166 e. The summed E-state index contributed by atoms with van der Waals surface area (Å²) in [5, 5.41) is 10.8. The molecule has 0 amide bonds. The Labute approximate surface area is 124 Å². The molecule has 1 aliphatic rings. The first-order valence-electron chi connectivity index (χ1n) is 7.09. The summed E-state index contributed by atoms with van der Waals surface area (Å²) in [5.41, 5.74) is 2.97. The van der Waals surface area contributed by atoms with Crippen LogP contribution in [0.2, 0.25) is 0 Å². The smallest absolute Gasteiger partial charge is 0.166 e. The van der Waals surface area contributed by atoms with Gasteiger partial charge >= 0.3 is 0 Å². The molecule has 0 fully saturated rings. The molecule has 1 N–H and O–H groups in total. The first-order chi connectivity index (χ1) is 10.3. The molecule has 4 heteroatoms. The number of methoxy groups -OCH3 is 2. The van der Waals surface area contributed by atoms with E-state index in [0.717, 1.165) is 24.1 Å². The lowest BCUT2D eigenvalue weighted by Crippen LogP contribution is -2.11. The second kappa shape index (κ2) is 5.74. The molecule has 0 saturated heterocycles. The highest BCUT2D eigenvalue weighted by atomic mass is 16.5. The molecule has 0 aliphatic heterocycles. The third-order valence-corrected chi connectivity index (χ3v) is 4.14. The minimum atomic E-state index is -0.647.